The van der Waals surface area contributed by atoms with E-state index in [1.165, 1.54) is 82.1 Å². The van der Waals surface area contributed by atoms with Gasteiger partial charge in [0, 0.05) is 5.56 Å². The molecule has 132 valence electrons. The van der Waals surface area contributed by atoms with Gasteiger partial charge in [0.25, 0.3) is 0 Å². The van der Waals surface area contributed by atoms with Gasteiger partial charge >= 0.3 is 0 Å². The molecule has 1 aromatic carbocycles. The van der Waals surface area contributed by atoms with Crippen molar-refractivity contribution in [2.24, 2.45) is 0 Å². The van der Waals surface area contributed by atoms with Crippen LogP contribution >= 0.6 is 0 Å². The third-order valence-electron chi connectivity index (χ3n) is 5.38. The summed E-state index contributed by atoms with van der Waals surface area (Å²) in [5.41, 5.74) is 2.84. The number of likely N-dealkylation sites (tertiary alicyclic amines) is 1. The molecule has 1 saturated heterocycles. The molecular formula is C22H33NO. The SMILES string of the molecule is C1=CCc2c(cccc2OCCCCCCN2CCCCCC2)C1. The Balaban J connectivity index is 1.28. The van der Waals surface area contributed by atoms with E-state index >= 15 is 0 Å². The lowest BCUT2D eigenvalue weighted by atomic mass is 9.96. The first kappa shape index (κ1) is 17.5. The van der Waals surface area contributed by atoms with E-state index in [9.17, 15) is 0 Å². The predicted molar refractivity (Wildman–Crippen MR) is 102 cm³/mol. The minimum atomic E-state index is 0.865. The molecule has 1 heterocycles. The molecule has 0 atom stereocenters. The zero-order valence-electron chi connectivity index (χ0n) is 15.1. The van der Waals surface area contributed by atoms with Gasteiger partial charge in [0.15, 0.2) is 0 Å². The van der Waals surface area contributed by atoms with Crippen LogP contribution < -0.4 is 4.74 Å². The molecule has 1 aromatic rings. The molecule has 0 saturated carbocycles. The molecule has 1 aliphatic heterocycles. The van der Waals surface area contributed by atoms with Crippen molar-refractivity contribution in [3.63, 3.8) is 0 Å². The summed E-state index contributed by atoms with van der Waals surface area (Å²) >= 11 is 0. The third-order valence-corrected chi connectivity index (χ3v) is 5.38. The van der Waals surface area contributed by atoms with Crippen LogP contribution in [0.3, 0.4) is 0 Å². The summed E-state index contributed by atoms with van der Waals surface area (Å²) in [4.78, 5) is 2.67. The van der Waals surface area contributed by atoms with Gasteiger partial charge in [-0.1, -0.05) is 50.0 Å². The Kier molecular flexibility index (Phi) is 7.22. The molecule has 2 nitrogen and oxygen atoms in total. The first-order valence-electron chi connectivity index (χ1n) is 10.0. The molecule has 0 unspecified atom stereocenters. The van der Waals surface area contributed by atoms with Crippen LogP contribution in [-0.2, 0) is 12.8 Å². The molecule has 0 aromatic heterocycles. The van der Waals surface area contributed by atoms with Crippen LogP contribution in [0.1, 0.15) is 62.5 Å². The number of allylic oxidation sites excluding steroid dienone is 2. The standard InChI is InChI=1S/C22H33NO/c1-2-8-17-23(16-7-1)18-9-3-4-10-19-24-22-15-11-13-20-12-5-6-14-21(20)22/h5-6,11,13,15H,1-4,7-10,12,14,16-19H2. The van der Waals surface area contributed by atoms with Gasteiger partial charge in [-0.05, 0) is 69.8 Å². The number of fused-ring (bicyclic) bond motifs is 1. The lowest BCUT2D eigenvalue weighted by Crippen LogP contribution is -2.25. The number of rotatable bonds is 8. The lowest BCUT2D eigenvalue weighted by Gasteiger charge is -2.19. The van der Waals surface area contributed by atoms with E-state index < -0.39 is 0 Å². The second-order valence-corrected chi connectivity index (χ2v) is 7.29. The second kappa shape index (κ2) is 9.88. The Morgan fingerprint density at radius 3 is 2.50 bits per heavy atom. The number of hydrogen-bond acceptors (Lipinski definition) is 2. The van der Waals surface area contributed by atoms with E-state index in [0.717, 1.165) is 25.2 Å². The Morgan fingerprint density at radius 2 is 1.62 bits per heavy atom. The Hall–Kier alpha value is -1.28. The molecule has 0 radical (unpaired) electrons. The lowest BCUT2D eigenvalue weighted by molar-refractivity contribution is 0.271. The van der Waals surface area contributed by atoms with Crippen molar-refractivity contribution >= 4 is 0 Å². The molecular weight excluding hydrogens is 294 g/mol. The highest BCUT2D eigenvalue weighted by Crippen LogP contribution is 2.27. The summed E-state index contributed by atoms with van der Waals surface area (Å²) in [6.45, 7) is 4.83. The van der Waals surface area contributed by atoms with Crippen molar-refractivity contribution in [3.8, 4) is 5.75 Å². The fraction of sp³-hybridized carbons (Fsp3) is 0.636. The van der Waals surface area contributed by atoms with Gasteiger partial charge in [0.05, 0.1) is 6.61 Å². The van der Waals surface area contributed by atoms with Crippen LogP contribution in [0, 0.1) is 0 Å². The third kappa shape index (κ3) is 5.37. The van der Waals surface area contributed by atoms with E-state index in [0.29, 0.717) is 0 Å². The van der Waals surface area contributed by atoms with Crippen molar-refractivity contribution in [1.82, 2.24) is 4.90 Å². The molecule has 1 fully saturated rings. The molecule has 1 aliphatic carbocycles. The van der Waals surface area contributed by atoms with Crippen LogP contribution in [-0.4, -0.2) is 31.1 Å². The smallest absolute Gasteiger partial charge is 0.123 e. The van der Waals surface area contributed by atoms with Gasteiger partial charge in [0.2, 0.25) is 0 Å². The summed E-state index contributed by atoms with van der Waals surface area (Å²) in [5.74, 6) is 1.11. The van der Waals surface area contributed by atoms with Gasteiger partial charge in [-0.3, -0.25) is 0 Å². The summed E-state index contributed by atoms with van der Waals surface area (Å²) < 4.78 is 6.07. The summed E-state index contributed by atoms with van der Waals surface area (Å²) in [5, 5.41) is 0. The maximum atomic E-state index is 6.07. The molecule has 2 heteroatoms. The summed E-state index contributed by atoms with van der Waals surface area (Å²) in [7, 11) is 0. The zero-order chi connectivity index (χ0) is 16.5. The number of ether oxygens (including phenoxy) is 1. The average molecular weight is 328 g/mol. The number of benzene rings is 1. The maximum absolute atomic E-state index is 6.07. The molecule has 24 heavy (non-hydrogen) atoms. The molecule has 0 N–H and O–H groups in total. The highest BCUT2D eigenvalue weighted by Gasteiger charge is 2.10. The largest absolute Gasteiger partial charge is 0.493 e. The van der Waals surface area contributed by atoms with E-state index in [2.05, 4.69) is 35.3 Å². The maximum Gasteiger partial charge on any atom is 0.123 e. The minimum absolute atomic E-state index is 0.865. The highest BCUT2D eigenvalue weighted by atomic mass is 16.5. The van der Waals surface area contributed by atoms with Crippen molar-refractivity contribution in [2.45, 2.75) is 64.2 Å². The summed E-state index contributed by atoms with van der Waals surface area (Å²) in [6, 6.07) is 6.50. The predicted octanol–water partition coefficient (Wildman–Crippen LogP) is 5.16. The minimum Gasteiger partial charge on any atom is -0.493 e. The van der Waals surface area contributed by atoms with Crippen molar-refractivity contribution in [1.29, 1.82) is 0 Å². The number of hydrogen-bond donors (Lipinski definition) is 0. The first-order valence-corrected chi connectivity index (χ1v) is 10.0. The topological polar surface area (TPSA) is 12.5 Å². The van der Waals surface area contributed by atoms with E-state index in [1.54, 1.807) is 0 Å². The van der Waals surface area contributed by atoms with Crippen LogP contribution in [0.4, 0.5) is 0 Å². The van der Waals surface area contributed by atoms with Crippen LogP contribution in [0.25, 0.3) is 0 Å². The Morgan fingerprint density at radius 1 is 0.833 bits per heavy atom. The Labute approximate surface area is 147 Å². The number of nitrogens with zero attached hydrogens (tertiary/aromatic N) is 1. The van der Waals surface area contributed by atoms with Crippen LogP contribution in [0.2, 0.25) is 0 Å². The van der Waals surface area contributed by atoms with Crippen molar-refractivity contribution < 1.29 is 4.74 Å². The monoisotopic (exact) mass is 327 g/mol. The van der Waals surface area contributed by atoms with Gasteiger partial charge in [-0.15, -0.1) is 0 Å². The van der Waals surface area contributed by atoms with Gasteiger partial charge in [-0.2, -0.15) is 0 Å². The quantitative estimate of drug-likeness (QED) is 0.483. The van der Waals surface area contributed by atoms with E-state index in [-0.39, 0.29) is 0 Å². The normalized spacial score (nSPS) is 18.2. The van der Waals surface area contributed by atoms with Crippen molar-refractivity contribution in [3.05, 3.63) is 41.5 Å². The second-order valence-electron chi connectivity index (χ2n) is 7.29. The van der Waals surface area contributed by atoms with Crippen LogP contribution in [0.15, 0.2) is 30.4 Å². The van der Waals surface area contributed by atoms with E-state index in [1.807, 2.05) is 0 Å². The van der Waals surface area contributed by atoms with Gasteiger partial charge < -0.3 is 9.64 Å². The fourth-order valence-electron chi connectivity index (χ4n) is 3.91. The molecule has 0 bridgehead atoms. The van der Waals surface area contributed by atoms with Crippen molar-refractivity contribution in [2.75, 3.05) is 26.2 Å². The van der Waals surface area contributed by atoms with Crippen LogP contribution in [0.5, 0.6) is 5.75 Å². The van der Waals surface area contributed by atoms with Gasteiger partial charge in [0.1, 0.15) is 5.75 Å². The fourth-order valence-corrected chi connectivity index (χ4v) is 3.91. The van der Waals surface area contributed by atoms with E-state index in [4.69, 9.17) is 4.74 Å². The first-order chi connectivity index (χ1) is 11.9. The molecule has 0 amide bonds. The summed E-state index contributed by atoms with van der Waals surface area (Å²) in [6.07, 6.45) is 17.5. The molecule has 0 spiro atoms. The van der Waals surface area contributed by atoms with Gasteiger partial charge in [-0.25, -0.2) is 0 Å². The zero-order valence-corrected chi connectivity index (χ0v) is 15.1. The average Bonchev–Trinajstić information content (AvgIpc) is 2.90. The highest BCUT2D eigenvalue weighted by molar-refractivity contribution is 5.44. The molecule has 3 rings (SSSR count). The molecule has 2 aliphatic rings. The Bertz CT molecular complexity index is 515. The number of unbranched alkanes of at least 4 members (excludes halogenated alkanes) is 3.